The van der Waals surface area contributed by atoms with Crippen molar-refractivity contribution in [3.05, 3.63) is 36.0 Å². The van der Waals surface area contributed by atoms with Gasteiger partial charge in [-0.05, 0) is 37.3 Å². The van der Waals surface area contributed by atoms with Gasteiger partial charge in [0, 0.05) is 23.5 Å². The van der Waals surface area contributed by atoms with Crippen LogP contribution in [0.1, 0.15) is 39.2 Å². The molecule has 7 nitrogen and oxygen atoms in total. The maximum atomic E-state index is 12.7. The average Bonchev–Trinajstić information content (AvgIpc) is 2.99. The van der Waals surface area contributed by atoms with Gasteiger partial charge in [-0.25, -0.2) is 4.79 Å². The summed E-state index contributed by atoms with van der Waals surface area (Å²) in [6.45, 7) is 5.87. The first-order chi connectivity index (χ1) is 13.2. The van der Waals surface area contributed by atoms with Crippen LogP contribution in [0, 0.1) is 11.8 Å². The van der Waals surface area contributed by atoms with Crippen LogP contribution in [0.4, 0.5) is 4.79 Å². The van der Waals surface area contributed by atoms with Gasteiger partial charge in [0.05, 0.1) is 19.0 Å². The largest absolute Gasteiger partial charge is 0.469 e. The van der Waals surface area contributed by atoms with Gasteiger partial charge >= 0.3 is 12.1 Å². The molecule has 0 fully saturated rings. The maximum absolute atomic E-state index is 12.7. The van der Waals surface area contributed by atoms with E-state index in [1.807, 2.05) is 32.9 Å². The van der Waals surface area contributed by atoms with E-state index < -0.39 is 18.0 Å². The number of esters is 1. The van der Waals surface area contributed by atoms with Crippen LogP contribution in [0.5, 0.6) is 0 Å². The second kappa shape index (κ2) is 9.39. The van der Waals surface area contributed by atoms with Crippen molar-refractivity contribution in [1.29, 1.82) is 0 Å². The third-order valence-electron chi connectivity index (χ3n) is 4.68. The molecule has 1 aromatic carbocycles. The second-order valence-electron chi connectivity index (χ2n) is 7.54. The van der Waals surface area contributed by atoms with Crippen molar-refractivity contribution in [2.24, 2.45) is 11.8 Å². The van der Waals surface area contributed by atoms with E-state index in [0.717, 1.165) is 10.9 Å². The van der Waals surface area contributed by atoms with E-state index in [1.54, 1.807) is 18.3 Å². The lowest BCUT2D eigenvalue weighted by atomic mass is 9.93. The molecule has 2 atom stereocenters. The van der Waals surface area contributed by atoms with Crippen LogP contribution in [-0.4, -0.2) is 40.8 Å². The van der Waals surface area contributed by atoms with E-state index in [4.69, 9.17) is 4.74 Å². The summed E-state index contributed by atoms with van der Waals surface area (Å²) in [5.41, 5.74) is 1.46. The number of hydrogen-bond donors (Lipinski definition) is 2. The Morgan fingerprint density at radius 3 is 2.46 bits per heavy atom. The summed E-state index contributed by atoms with van der Waals surface area (Å²) in [5.74, 6) is -0.772. The molecule has 1 unspecified atom stereocenters. The molecule has 0 spiro atoms. The lowest BCUT2D eigenvalue weighted by Gasteiger charge is -2.21. The first kappa shape index (κ1) is 21.5. The zero-order valence-electron chi connectivity index (χ0n) is 16.8. The number of carbonyl (C=O) groups is 3. The molecule has 1 heterocycles. The molecule has 0 aliphatic rings. The van der Waals surface area contributed by atoms with E-state index in [0.29, 0.717) is 18.4 Å². The first-order valence-electron chi connectivity index (χ1n) is 9.42. The van der Waals surface area contributed by atoms with E-state index in [1.165, 1.54) is 11.7 Å². The average molecular weight is 388 g/mol. The fourth-order valence-electron chi connectivity index (χ4n) is 3.45. The van der Waals surface area contributed by atoms with Crippen molar-refractivity contribution in [1.82, 2.24) is 9.88 Å². The SMILES string of the molecule is COC(=O)CC(CC(C)C)C(=O)N[C@H](C)Cc1cn(C(=O)O)c2ccccc12. The number of ether oxygens (including phenoxy) is 1. The van der Waals surface area contributed by atoms with E-state index in [2.05, 4.69) is 5.32 Å². The minimum absolute atomic E-state index is 0.0472. The number of rotatable bonds is 8. The van der Waals surface area contributed by atoms with Gasteiger partial charge < -0.3 is 15.2 Å². The summed E-state index contributed by atoms with van der Waals surface area (Å²) in [4.78, 5) is 35.8. The Labute approximate surface area is 164 Å². The molecule has 1 amide bonds. The molecule has 0 bridgehead atoms. The van der Waals surface area contributed by atoms with Crippen molar-refractivity contribution < 1.29 is 24.2 Å². The fraction of sp³-hybridized carbons (Fsp3) is 0.476. The van der Waals surface area contributed by atoms with Gasteiger partial charge in [-0.1, -0.05) is 32.0 Å². The normalized spacial score (nSPS) is 13.3. The van der Waals surface area contributed by atoms with Crippen LogP contribution < -0.4 is 5.32 Å². The Balaban J connectivity index is 2.13. The van der Waals surface area contributed by atoms with E-state index in [9.17, 15) is 19.5 Å². The third-order valence-corrected chi connectivity index (χ3v) is 4.68. The molecule has 1 aromatic heterocycles. The quantitative estimate of drug-likeness (QED) is 0.675. The number of nitrogens with zero attached hydrogens (tertiary/aromatic N) is 1. The standard InChI is InChI=1S/C21H28N2O5/c1-13(2)9-15(11-19(24)28-4)20(25)22-14(3)10-16-12-23(21(26)27)18-8-6-5-7-17(16)18/h5-8,12-15H,9-11H2,1-4H3,(H,22,25)(H,26,27)/t14-,15?/m1/s1. The smallest absolute Gasteiger partial charge is 0.416 e. The lowest BCUT2D eigenvalue weighted by molar-refractivity contribution is -0.144. The number of fused-ring (bicyclic) bond motifs is 1. The number of nitrogens with one attached hydrogen (secondary N) is 1. The summed E-state index contributed by atoms with van der Waals surface area (Å²) in [6, 6.07) is 7.06. The highest BCUT2D eigenvalue weighted by Gasteiger charge is 2.25. The summed E-state index contributed by atoms with van der Waals surface area (Å²) in [6.07, 6.45) is 1.67. The molecule has 152 valence electrons. The maximum Gasteiger partial charge on any atom is 0.416 e. The Kier molecular flexibility index (Phi) is 7.20. The predicted molar refractivity (Wildman–Crippen MR) is 106 cm³/mol. The van der Waals surface area contributed by atoms with Crippen LogP contribution in [0.25, 0.3) is 10.9 Å². The van der Waals surface area contributed by atoms with Gasteiger partial charge in [0.2, 0.25) is 5.91 Å². The number of hydrogen-bond acceptors (Lipinski definition) is 4. The van der Waals surface area contributed by atoms with Crippen LogP contribution in [0.3, 0.4) is 0 Å². The zero-order chi connectivity index (χ0) is 20.8. The topological polar surface area (TPSA) is 97.6 Å². The minimum Gasteiger partial charge on any atom is -0.469 e. The number of carbonyl (C=O) groups excluding carboxylic acids is 2. The van der Waals surface area contributed by atoms with E-state index >= 15 is 0 Å². The van der Waals surface area contributed by atoms with Gasteiger partial charge in [-0.3, -0.25) is 14.2 Å². The fourth-order valence-corrected chi connectivity index (χ4v) is 3.45. The molecule has 0 aliphatic heterocycles. The Bertz CT molecular complexity index is 856. The van der Waals surface area contributed by atoms with Crippen molar-refractivity contribution >= 4 is 28.9 Å². The summed E-state index contributed by atoms with van der Waals surface area (Å²) >= 11 is 0. The molecular weight excluding hydrogens is 360 g/mol. The minimum atomic E-state index is -1.05. The van der Waals surface area contributed by atoms with Crippen molar-refractivity contribution in [2.75, 3.05) is 7.11 Å². The predicted octanol–water partition coefficient (Wildman–Crippen LogP) is 3.44. The zero-order valence-corrected chi connectivity index (χ0v) is 16.8. The van der Waals surface area contributed by atoms with Gasteiger partial charge in [0.15, 0.2) is 0 Å². The van der Waals surface area contributed by atoms with Gasteiger partial charge in [-0.15, -0.1) is 0 Å². The number of para-hydroxylation sites is 1. The number of benzene rings is 1. The van der Waals surface area contributed by atoms with Crippen molar-refractivity contribution in [2.45, 2.75) is 46.1 Å². The highest BCUT2D eigenvalue weighted by atomic mass is 16.5. The Morgan fingerprint density at radius 1 is 1.18 bits per heavy atom. The molecule has 2 rings (SSSR count). The molecule has 0 saturated heterocycles. The Morgan fingerprint density at radius 2 is 1.86 bits per heavy atom. The van der Waals surface area contributed by atoms with Gasteiger partial charge in [0.1, 0.15) is 0 Å². The van der Waals surface area contributed by atoms with Crippen LogP contribution >= 0.6 is 0 Å². The van der Waals surface area contributed by atoms with Gasteiger partial charge in [-0.2, -0.15) is 0 Å². The third kappa shape index (κ3) is 5.34. The molecular formula is C21H28N2O5. The lowest BCUT2D eigenvalue weighted by Crippen LogP contribution is -2.39. The summed E-state index contributed by atoms with van der Waals surface area (Å²) < 4.78 is 5.90. The number of aromatic nitrogens is 1. The number of amides is 1. The molecule has 0 saturated carbocycles. The molecule has 0 radical (unpaired) electrons. The monoisotopic (exact) mass is 388 g/mol. The highest BCUT2D eigenvalue weighted by molar-refractivity contribution is 5.91. The molecule has 7 heteroatoms. The first-order valence-corrected chi connectivity index (χ1v) is 9.42. The van der Waals surface area contributed by atoms with E-state index in [-0.39, 0.29) is 24.3 Å². The summed E-state index contributed by atoms with van der Waals surface area (Å²) in [7, 11) is 1.31. The molecule has 2 aromatic rings. The highest BCUT2D eigenvalue weighted by Crippen LogP contribution is 2.23. The molecule has 28 heavy (non-hydrogen) atoms. The van der Waals surface area contributed by atoms with Crippen molar-refractivity contribution in [3.8, 4) is 0 Å². The summed E-state index contributed by atoms with van der Waals surface area (Å²) in [5, 5.41) is 13.2. The molecule has 2 N–H and O–H groups in total. The van der Waals surface area contributed by atoms with Crippen LogP contribution in [0.2, 0.25) is 0 Å². The Hall–Kier alpha value is -2.83. The van der Waals surface area contributed by atoms with Crippen molar-refractivity contribution in [3.63, 3.8) is 0 Å². The van der Waals surface area contributed by atoms with Crippen LogP contribution in [-0.2, 0) is 20.7 Å². The van der Waals surface area contributed by atoms with Gasteiger partial charge in [0.25, 0.3) is 0 Å². The van der Waals surface area contributed by atoms with Crippen LogP contribution in [0.15, 0.2) is 30.5 Å². The molecule has 0 aliphatic carbocycles. The second-order valence-corrected chi connectivity index (χ2v) is 7.54. The number of methoxy groups -OCH3 is 1. The number of carboxylic acid groups (broad SMARTS) is 1.